The first-order valence-electron chi connectivity index (χ1n) is 9.07. The van der Waals surface area contributed by atoms with E-state index in [-0.39, 0.29) is 17.8 Å². The van der Waals surface area contributed by atoms with Crippen LogP contribution in [0.1, 0.15) is 50.7 Å². The van der Waals surface area contributed by atoms with Crippen LogP contribution in [0, 0.1) is 5.92 Å². The van der Waals surface area contributed by atoms with Crippen molar-refractivity contribution in [2.45, 2.75) is 46.0 Å². The summed E-state index contributed by atoms with van der Waals surface area (Å²) in [6, 6.07) is 6.04. The molecule has 5 heteroatoms. The summed E-state index contributed by atoms with van der Waals surface area (Å²) < 4.78 is 10.5. The second-order valence-electron chi connectivity index (χ2n) is 6.81. The molecule has 1 amide bonds. The molecule has 1 aromatic rings. The lowest BCUT2D eigenvalue weighted by Gasteiger charge is -2.31. The number of rotatable bonds is 6. The predicted molar refractivity (Wildman–Crippen MR) is 96.7 cm³/mol. The molecule has 1 heterocycles. The van der Waals surface area contributed by atoms with Crippen LogP contribution in [0.2, 0.25) is 0 Å². The molecule has 2 rings (SSSR count). The lowest BCUT2D eigenvalue weighted by Crippen LogP contribution is -2.41. The van der Waals surface area contributed by atoms with Gasteiger partial charge in [-0.05, 0) is 37.3 Å². The van der Waals surface area contributed by atoms with Gasteiger partial charge in [0.25, 0.3) is 0 Å². The molecular weight excluding hydrogens is 318 g/mol. The van der Waals surface area contributed by atoms with Gasteiger partial charge in [0.05, 0.1) is 26.1 Å². The normalized spacial score (nSPS) is 15.3. The number of piperidine rings is 1. The van der Waals surface area contributed by atoms with Crippen molar-refractivity contribution in [2.75, 3.05) is 26.8 Å². The molecule has 0 atom stereocenters. The third-order valence-electron chi connectivity index (χ3n) is 4.78. The molecule has 0 N–H and O–H groups in total. The number of methoxy groups -OCH3 is 1. The summed E-state index contributed by atoms with van der Waals surface area (Å²) in [5.41, 5.74) is 2.12. The summed E-state index contributed by atoms with van der Waals surface area (Å²) in [5.74, 6) is 1.02. The number of benzene rings is 1. The van der Waals surface area contributed by atoms with Gasteiger partial charge in [0, 0.05) is 18.7 Å². The number of hydrogen-bond acceptors (Lipinski definition) is 4. The molecule has 5 nitrogen and oxygen atoms in total. The maximum absolute atomic E-state index is 12.7. The highest BCUT2D eigenvalue weighted by molar-refractivity contribution is 5.80. The molecule has 0 spiro atoms. The highest BCUT2D eigenvalue weighted by Gasteiger charge is 2.28. The topological polar surface area (TPSA) is 55.8 Å². The molecule has 0 aromatic heterocycles. The number of ether oxygens (including phenoxy) is 2. The summed E-state index contributed by atoms with van der Waals surface area (Å²) in [6.45, 7) is 7.70. The van der Waals surface area contributed by atoms with Crippen molar-refractivity contribution < 1.29 is 19.1 Å². The average Bonchev–Trinajstić information content (AvgIpc) is 2.61. The van der Waals surface area contributed by atoms with Crippen molar-refractivity contribution >= 4 is 11.9 Å². The van der Waals surface area contributed by atoms with Crippen molar-refractivity contribution in [2.24, 2.45) is 5.92 Å². The molecule has 1 saturated heterocycles. The van der Waals surface area contributed by atoms with E-state index in [0.29, 0.717) is 44.9 Å². The van der Waals surface area contributed by atoms with Crippen molar-refractivity contribution in [3.63, 3.8) is 0 Å². The maximum Gasteiger partial charge on any atom is 0.309 e. The fourth-order valence-electron chi connectivity index (χ4n) is 3.20. The van der Waals surface area contributed by atoms with E-state index in [1.54, 1.807) is 7.11 Å². The van der Waals surface area contributed by atoms with Crippen molar-refractivity contribution in [3.8, 4) is 5.75 Å². The Bertz CT molecular complexity index is 604. The Balaban J connectivity index is 1.99. The van der Waals surface area contributed by atoms with E-state index in [2.05, 4.69) is 19.9 Å². The Morgan fingerprint density at radius 2 is 1.92 bits per heavy atom. The van der Waals surface area contributed by atoms with Gasteiger partial charge in [0.15, 0.2) is 0 Å². The maximum atomic E-state index is 12.7. The molecule has 25 heavy (non-hydrogen) atoms. The standard InChI is InChI=1S/C20H29NO4/c1-5-25-20(23)15-8-10-21(11-9-15)19(22)13-17-12-16(14(2)3)6-7-18(17)24-4/h6-7,12,14-15H,5,8-11,13H2,1-4H3. The first-order chi connectivity index (χ1) is 12.0. The number of esters is 1. The summed E-state index contributed by atoms with van der Waals surface area (Å²) >= 11 is 0. The second kappa shape index (κ2) is 8.88. The number of carbonyl (C=O) groups is 2. The minimum Gasteiger partial charge on any atom is -0.496 e. The van der Waals surface area contributed by atoms with Gasteiger partial charge in [0.1, 0.15) is 5.75 Å². The van der Waals surface area contributed by atoms with Gasteiger partial charge >= 0.3 is 5.97 Å². The van der Waals surface area contributed by atoms with E-state index < -0.39 is 0 Å². The SMILES string of the molecule is CCOC(=O)C1CCN(C(=O)Cc2cc(C(C)C)ccc2OC)CC1. The quantitative estimate of drug-likeness (QED) is 0.742. The first kappa shape index (κ1) is 19.3. The third kappa shape index (κ3) is 4.97. The van der Waals surface area contributed by atoms with Crippen molar-refractivity contribution in [1.82, 2.24) is 4.90 Å². The highest BCUT2D eigenvalue weighted by atomic mass is 16.5. The second-order valence-corrected chi connectivity index (χ2v) is 6.81. The van der Waals surface area contributed by atoms with Crippen molar-refractivity contribution in [3.05, 3.63) is 29.3 Å². The number of hydrogen-bond donors (Lipinski definition) is 0. The molecule has 0 aliphatic carbocycles. The van der Waals surface area contributed by atoms with E-state index in [1.807, 2.05) is 24.0 Å². The molecule has 0 unspecified atom stereocenters. The van der Waals surface area contributed by atoms with Crippen LogP contribution in [0.15, 0.2) is 18.2 Å². The Morgan fingerprint density at radius 3 is 2.48 bits per heavy atom. The van der Waals surface area contributed by atoms with Crippen LogP contribution < -0.4 is 4.74 Å². The number of amides is 1. The molecular formula is C20H29NO4. The van der Waals surface area contributed by atoms with Gasteiger partial charge in [-0.2, -0.15) is 0 Å². The van der Waals surface area contributed by atoms with Gasteiger partial charge < -0.3 is 14.4 Å². The van der Waals surface area contributed by atoms with Gasteiger partial charge in [-0.3, -0.25) is 9.59 Å². The van der Waals surface area contributed by atoms with Gasteiger partial charge in [-0.25, -0.2) is 0 Å². The van der Waals surface area contributed by atoms with E-state index in [0.717, 1.165) is 11.3 Å². The van der Waals surface area contributed by atoms with E-state index in [1.165, 1.54) is 5.56 Å². The van der Waals surface area contributed by atoms with E-state index in [9.17, 15) is 9.59 Å². The molecule has 1 fully saturated rings. The van der Waals surface area contributed by atoms with Crippen LogP contribution in [-0.2, 0) is 20.7 Å². The van der Waals surface area contributed by atoms with Crippen LogP contribution in [0.3, 0.4) is 0 Å². The van der Waals surface area contributed by atoms with Gasteiger partial charge in [-0.15, -0.1) is 0 Å². The third-order valence-corrected chi connectivity index (χ3v) is 4.78. The Kier molecular flexibility index (Phi) is 6.85. The number of nitrogens with zero attached hydrogens (tertiary/aromatic N) is 1. The lowest BCUT2D eigenvalue weighted by molar-refractivity contribution is -0.151. The fraction of sp³-hybridized carbons (Fsp3) is 0.600. The van der Waals surface area contributed by atoms with Gasteiger partial charge in [0.2, 0.25) is 5.91 Å². The average molecular weight is 347 g/mol. The minimum absolute atomic E-state index is 0.0807. The molecule has 0 saturated carbocycles. The minimum atomic E-state index is -0.138. The molecule has 0 radical (unpaired) electrons. The smallest absolute Gasteiger partial charge is 0.309 e. The number of carbonyl (C=O) groups excluding carboxylic acids is 2. The monoisotopic (exact) mass is 347 g/mol. The largest absolute Gasteiger partial charge is 0.496 e. The zero-order valence-corrected chi connectivity index (χ0v) is 15.7. The van der Waals surface area contributed by atoms with Crippen LogP contribution in [0.4, 0.5) is 0 Å². The first-order valence-corrected chi connectivity index (χ1v) is 9.07. The summed E-state index contributed by atoms with van der Waals surface area (Å²) in [6.07, 6.45) is 1.68. The molecule has 138 valence electrons. The predicted octanol–water partition coefficient (Wildman–Crippen LogP) is 3.16. The Hall–Kier alpha value is -2.04. The Labute approximate surface area is 150 Å². The number of likely N-dealkylation sites (tertiary alicyclic amines) is 1. The molecule has 1 aliphatic rings. The van der Waals surface area contributed by atoms with Crippen LogP contribution >= 0.6 is 0 Å². The molecule has 1 aliphatic heterocycles. The zero-order chi connectivity index (χ0) is 18.4. The summed E-state index contributed by atoms with van der Waals surface area (Å²) in [4.78, 5) is 26.3. The van der Waals surface area contributed by atoms with E-state index in [4.69, 9.17) is 9.47 Å². The summed E-state index contributed by atoms with van der Waals surface area (Å²) in [7, 11) is 1.63. The fourth-order valence-corrected chi connectivity index (χ4v) is 3.20. The molecule has 1 aromatic carbocycles. The summed E-state index contributed by atoms with van der Waals surface area (Å²) in [5, 5.41) is 0. The lowest BCUT2D eigenvalue weighted by atomic mass is 9.95. The van der Waals surface area contributed by atoms with Gasteiger partial charge in [-0.1, -0.05) is 26.0 Å². The Morgan fingerprint density at radius 1 is 1.24 bits per heavy atom. The van der Waals surface area contributed by atoms with Crippen LogP contribution in [0.25, 0.3) is 0 Å². The van der Waals surface area contributed by atoms with E-state index >= 15 is 0 Å². The zero-order valence-electron chi connectivity index (χ0n) is 15.7. The highest BCUT2D eigenvalue weighted by Crippen LogP contribution is 2.26. The van der Waals surface area contributed by atoms with Crippen molar-refractivity contribution in [1.29, 1.82) is 0 Å². The molecule has 0 bridgehead atoms. The van der Waals surface area contributed by atoms with Crippen LogP contribution in [0.5, 0.6) is 5.75 Å². The van der Waals surface area contributed by atoms with Crippen LogP contribution in [-0.4, -0.2) is 43.6 Å².